The third kappa shape index (κ3) is 8.03. The molecule has 0 atom stereocenters. The second kappa shape index (κ2) is 14.8. The standard InChI is InChI=1S/C23H29.C15H8F6.C5H5.2ClH.Hf/c1-14-9-16-11-17-10-15(2)21(23(6,7)8)13-19(17)18(16)12-20(14)22(3,4)5;16-14(17,18)12-5-1-10(2-6-12)9-11-3-7-13(8-4-11)15(19,20)21;1-2-4-5-3-1;;;/h9,12-13H,11H2,1-8H3;1-8H;1-3H,4H2;2*1H;. The predicted octanol–water partition coefficient (Wildman–Crippen LogP) is 12.7. The summed E-state index contributed by atoms with van der Waals surface area (Å²) in [5, 5.41) is 0. The summed E-state index contributed by atoms with van der Waals surface area (Å²) in [4.78, 5) is 0. The SMILES string of the molecule is Cc1cc2c(cc1C(C)(C)C)-c1cc(C(C)(C)C)c(C)[c]([Hf]([C]3=CC=CC3)=[C](c3ccc(C(F)(F)F)cc3)c3ccc(C(F)(F)F)cc3)c1C2.Cl.Cl. The van der Waals surface area contributed by atoms with Gasteiger partial charge in [-0.2, -0.15) is 0 Å². The molecule has 4 aromatic rings. The van der Waals surface area contributed by atoms with Crippen molar-refractivity contribution in [1.29, 1.82) is 0 Å². The molecule has 0 spiro atoms. The van der Waals surface area contributed by atoms with Crippen molar-refractivity contribution in [2.24, 2.45) is 0 Å². The van der Waals surface area contributed by atoms with E-state index >= 15 is 0 Å². The molecule has 0 radical (unpaired) electrons. The predicted molar refractivity (Wildman–Crippen MR) is 204 cm³/mol. The van der Waals surface area contributed by atoms with Crippen molar-refractivity contribution in [1.82, 2.24) is 0 Å². The Morgan fingerprint density at radius 3 is 1.54 bits per heavy atom. The van der Waals surface area contributed by atoms with Crippen molar-refractivity contribution < 1.29 is 47.3 Å². The summed E-state index contributed by atoms with van der Waals surface area (Å²) in [6.07, 6.45) is -1.29. The Kier molecular flexibility index (Phi) is 12.0. The van der Waals surface area contributed by atoms with E-state index in [2.05, 4.69) is 85.7 Å². The van der Waals surface area contributed by atoms with Crippen LogP contribution >= 0.6 is 24.8 Å². The van der Waals surface area contributed by atoms with Gasteiger partial charge in [0.2, 0.25) is 0 Å². The Morgan fingerprint density at radius 1 is 0.635 bits per heavy atom. The van der Waals surface area contributed by atoms with Crippen LogP contribution in [-0.2, 0) is 50.6 Å². The van der Waals surface area contributed by atoms with E-state index in [0.29, 0.717) is 17.5 Å². The van der Waals surface area contributed by atoms with Crippen molar-refractivity contribution in [2.75, 3.05) is 0 Å². The average molecular weight is 924 g/mol. The maximum Gasteiger partial charge on any atom is -0.147 e. The van der Waals surface area contributed by atoms with Crippen LogP contribution in [0.3, 0.4) is 0 Å². The van der Waals surface area contributed by atoms with Crippen LogP contribution in [0.4, 0.5) is 26.3 Å². The minimum Gasteiger partial charge on any atom is -0.147 e. The molecule has 0 bridgehead atoms. The van der Waals surface area contributed by atoms with Gasteiger partial charge in [0.25, 0.3) is 0 Å². The zero-order valence-corrected chi connectivity index (χ0v) is 35.8. The number of halogens is 8. The Balaban J connectivity index is 0.00000302. The number of aryl methyl sites for hydroxylation is 1. The average Bonchev–Trinajstić information content (AvgIpc) is 3.66. The van der Waals surface area contributed by atoms with Crippen LogP contribution in [0.2, 0.25) is 0 Å². The van der Waals surface area contributed by atoms with E-state index in [4.69, 9.17) is 0 Å². The molecule has 52 heavy (non-hydrogen) atoms. The minimum atomic E-state index is -4.51. The van der Waals surface area contributed by atoms with E-state index in [1.54, 1.807) is 0 Å². The van der Waals surface area contributed by atoms with Gasteiger partial charge in [-0.1, -0.05) is 0 Å². The Hall–Kier alpha value is -2.74. The van der Waals surface area contributed by atoms with Crippen LogP contribution < -0.4 is 3.32 Å². The third-order valence-electron chi connectivity index (χ3n) is 10.0. The smallest absolute Gasteiger partial charge is 0.147 e. The number of alkyl halides is 6. The van der Waals surface area contributed by atoms with Gasteiger partial charge in [-0.15, -0.1) is 24.8 Å². The number of benzene rings is 4. The van der Waals surface area contributed by atoms with Gasteiger partial charge >= 0.3 is 300 Å². The molecule has 0 heterocycles. The van der Waals surface area contributed by atoms with E-state index in [1.807, 2.05) is 6.08 Å². The summed E-state index contributed by atoms with van der Waals surface area (Å²) in [5.41, 5.74) is 9.32. The van der Waals surface area contributed by atoms with E-state index in [0.717, 1.165) is 33.9 Å². The molecule has 0 saturated heterocycles. The van der Waals surface area contributed by atoms with Crippen LogP contribution in [0.1, 0.15) is 104 Å². The van der Waals surface area contributed by atoms with Crippen molar-refractivity contribution >= 4 is 31.4 Å². The molecular formula is C43H44Cl2F6Hf. The third-order valence-corrected chi connectivity index (χ3v) is 21.8. The van der Waals surface area contributed by atoms with E-state index in [9.17, 15) is 26.3 Å². The van der Waals surface area contributed by atoms with Gasteiger partial charge in [0.15, 0.2) is 0 Å². The van der Waals surface area contributed by atoms with E-state index in [1.165, 1.54) is 75.4 Å². The molecule has 0 amide bonds. The van der Waals surface area contributed by atoms with Crippen molar-refractivity contribution in [3.63, 3.8) is 0 Å². The fraction of sp³-hybridized carbons (Fsp3) is 0.326. The van der Waals surface area contributed by atoms with Crippen molar-refractivity contribution in [3.8, 4) is 11.1 Å². The normalized spacial score (nSPS) is 13.9. The molecule has 0 unspecified atom stereocenters. The monoisotopic (exact) mass is 924 g/mol. The minimum absolute atomic E-state index is 0. The first kappa shape index (κ1) is 42.0. The Morgan fingerprint density at radius 2 is 1.12 bits per heavy atom. The van der Waals surface area contributed by atoms with Gasteiger partial charge in [0.05, 0.1) is 0 Å². The van der Waals surface area contributed by atoms with Crippen LogP contribution in [0, 0.1) is 13.8 Å². The topological polar surface area (TPSA) is 0 Å². The summed E-state index contributed by atoms with van der Waals surface area (Å²) in [6, 6.07) is 17.4. The van der Waals surface area contributed by atoms with Gasteiger partial charge in [0.1, 0.15) is 0 Å². The molecule has 0 aliphatic heterocycles. The maximum atomic E-state index is 13.8. The summed E-state index contributed by atoms with van der Waals surface area (Å²) >= 11 is -3.67. The zero-order valence-electron chi connectivity index (χ0n) is 30.6. The summed E-state index contributed by atoms with van der Waals surface area (Å²) in [6.45, 7) is 17.6. The molecule has 2 aliphatic rings. The van der Waals surface area contributed by atoms with Crippen molar-refractivity contribution in [3.05, 3.63) is 144 Å². The number of rotatable bonds is 4. The number of fused-ring (bicyclic) bond motifs is 3. The molecular weight excluding hydrogens is 880 g/mol. The van der Waals surface area contributed by atoms with Crippen molar-refractivity contribution in [2.45, 2.75) is 91.4 Å². The maximum absolute atomic E-state index is 13.8. The molecule has 0 N–H and O–H groups in total. The molecule has 4 aromatic carbocycles. The number of hydrogen-bond acceptors (Lipinski definition) is 0. The van der Waals surface area contributed by atoms with Gasteiger partial charge in [-0.25, -0.2) is 0 Å². The van der Waals surface area contributed by atoms with Crippen LogP contribution in [0.25, 0.3) is 11.1 Å². The molecule has 0 aromatic heterocycles. The Labute approximate surface area is 323 Å². The van der Waals surface area contributed by atoms with E-state index in [-0.39, 0.29) is 35.6 Å². The van der Waals surface area contributed by atoms with Crippen LogP contribution in [-0.4, -0.2) is 3.26 Å². The fourth-order valence-electron chi connectivity index (χ4n) is 7.73. The summed E-state index contributed by atoms with van der Waals surface area (Å²) in [5.74, 6) is 0. The molecule has 276 valence electrons. The van der Waals surface area contributed by atoms with Gasteiger partial charge in [-0.3, -0.25) is 0 Å². The van der Waals surface area contributed by atoms with Crippen LogP contribution in [0.15, 0.2) is 88.3 Å². The molecule has 0 fully saturated rings. The zero-order chi connectivity index (χ0) is 36.6. The quantitative estimate of drug-likeness (QED) is 0.124. The van der Waals surface area contributed by atoms with Crippen LogP contribution in [0.5, 0.6) is 0 Å². The van der Waals surface area contributed by atoms with Gasteiger partial charge in [-0.05, 0) is 0 Å². The first-order valence-corrected chi connectivity index (χ1v) is 22.3. The van der Waals surface area contributed by atoms with Gasteiger partial charge < -0.3 is 0 Å². The van der Waals surface area contributed by atoms with Gasteiger partial charge in [0, 0.05) is 0 Å². The molecule has 6 rings (SSSR count). The molecule has 0 nitrogen and oxygen atoms in total. The Bertz CT molecular complexity index is 2030. The second-order valence-electron chi connectivity index (χ2n) is 15.7. The largest absolute Gasteiger partial charge is 0.147 e. The first-order valence-electron chi connectivity index (χ1n) is 16.9. The van der Waals surface area contributed by atoms with E-state index < -0.39 is 44.4 Å². The first-order chi connectivity index (χ1) is 23.2. The molecule has 9 heteroatoms. The summed E-state index contributed by atoms with van der Waals surface area (Å²) < 4.78 is 86.1. The number of allylic oxidation sites excluding steroid dienone is 4. The molecule has 0 saturated carbocycles. The summed E-state index contributed by atoms with van der Waals surface area (Å²) in [7, 11) is 0. The molecule has 2 aliphatic carbocycles. The fourth-order valence-corrected chi connectivity index (χ4v) is 20.0. The second-order valence-corrected chi connectivity index (χ2v) is 24.3. The number of hydrogen-bond donors (Lipinski definition) is 0.